The van der Waals surface area contributed by atoms with Crippen molar-refractivity contribution in [3.63, 3.8) is 0 Å². The molecule has 3 heterocycles. The van der Waals surface area contributed by atoms with Gasteiger partial charge in [0, 0.05) is 46.0 Å². The molecule has 0 saturated carbocycles. The Morgan fingerprint density at radius 2 is 1.62 bits per heavy atom. The summed E-state index contributed by atoms with van der Waals surface area (Å²) in [5.41, 5.74) is 9.57. The zero-order valence-corrected chi connectivity index (χ0v) is 28.9. The topological polar surface area (TPSA) is 38.9 Å². The molecule has 6 rings (SSSR count). The van der Waals surface area contributed by atoms with E-state index in [9.17, 15) is 0 Å². The van der Waals surface area contributed by atoms with E-state index in [1.165, 1.54) is 32.6 Å². The molecule has 1 unspecified atom stereocenters. The molecule has 42 heavy (non-hydrogen) atoms. The summed E-state index contributed by atoms with van der Waals surface area (Å²) in [7, 11) is -1.55. The second-order valence-corrected chi connectivity index (χ2v) is 16.9. The van der Waals surface area contributed by atoms with Crippen LogP contribution >= 0.6 is 0 Å². The van der Waals surface area contributed by atoms with Gasteiger partial charge in [-0.2, -0.15) is 0 Å². The van der Waals surface area contributed by atoms with Gasteiger partial charge in [-0.25, -0.2) is 0 Å². The summed E-state index contributed by atoms with van der Waals surface area (Å²) in [6, 6.07) is 31.3. The molecule has 1 atom stereocenters. The molecule has 0 N–H and O–H groups in total. The van der Waals surface area contributed by atoms with Crippen LogP contribution in [0, 0.1) is 26.0 Å². The van der Waals surface area contributed by atoms with Crippen molar-refractivity contribution < 1.29 is 24.5 Å². The monoisotopic (exact) mass is 747 g/mol. The summed E-state index contributed by atoms with van der Waals surface area (Å²) in [6.07, 6.45) is 5.02. The maximum absolute atomic E-state index is 6.36. The second kappa shape index (κ2) is 13.3. The normalized spacial score (nSPS) is 12.0. The average Bonchev–Trinajstić information content (AvgIpc) is 3.36. The molecule has 5 heteroatoms. The Morgan fingerprint density at radius 3 is 2.26 bits per heavy atom. The standard InChI is InChI=1S/C25H28NOSi.C12H10N.Ir/c1-7-16(2)20-15-26-21(14-17(20)3)18-12-13-23(28(4,5)6)24-19-10-8-9-11-22(19)27-25(18)24;1-10-7-8-12(13-9-10)11-5-3-2-4-6-11;/h8-11,13-16H,7H2,1-6H3;2-5,7-9H,1H3;/q2*-1;. The summed E-state index contributed by atoms with van der Waals surface area (Å²) in [6.45, 7) is 15.8. The number of aromatic nitrogens is 2. The van der Waals surface area contributed by atoms with Gasteiger partial charge in [0.1, 0.15) is 5.58 Å². The first kappa shape index (κ1) is 31.6. The zero-order valence-electron chi connectivity index (χ0n) is 25.5. The van der Waals surface area contributed by atoms with Crippen LogP contribution in [0.3, 0.4) is 0 Å². The maximum atomic E-state index is 6.36. The van der Waals surface area contributed by atoms with Crippen LogP contribution in [-0.4, -0.2) is 18.0 Å². The Labute approximate surface area is 264 Å². The Bertz CT molecular complexity index is 1790. The summed E-state index contributed by atoms with van der Waals surface area (Å²) in [5.74, 6) is 0.519. The number of rotatable bonds is 5. The quantitative estimate of drug-likeness (QED) is 0.130. The van der Waals surface area contributed by atoms with Crippen LogP contribution in [0.25, 0.3) is 44.5 Å². The van der Waals surface area contributed by atoms with Gasteiger partial charge in [-0.15, -0.1) is 53.2 Å². The van der Waals surface area contributed by atoms with Gasteiger partial charge < -0.3 is 14.4 Å². The van der Waals surface area contributed by atoms with E-state index >= 15 is 0 Å². The van der Waals surface area contributed by atoms with Crippen LogP contribution in [0.5, 0.6) is 0 Å². The molecule has 0 aliphatic carbocycles. The SMILES string of the molecule is CCC(C)c1cnc(-c2[c-]cc([Si](C)(C)C)c3c2oc2ccccc23)cc1C.Cc1ccc(-c2[c-]cccc2)nc1.[Ir]. The van der Waals surface area contributed by atoms with Crippen molar-refractivity contribution in [2.24, 2.45) is 0 Å². The molecule has 0 bridgehead atoms. The average molecular weight is 747 g/mol. The van der Waals surface area contributed by atoms with E-state index in [4.69, 9.17) is 9.40 Å². The van der Waals surface area contributed by atoms with E-state index in [1.807, 2.05) is 55.7 Å². The van der Waals surface area contributed by atoms with Gasteiger partial charge >= 0.3 is 0 Å². The Morgan fingerprint density at radius 1 is 0.881 bits per heavy atom. The van der Waals surface area contributed by atoms with Crippen LogP contribution < -0.4 is 5.19 Å². The van der Waals surface area contributed by atoms with E-state index in [0.717, 1.165) is 40.1 Å². The number of hydrogen-bond donors (Lipinski definition) is 0. The van der Waals surface area contributed by atoms with Crippen LogP contribution in [0.15, 0.2) is 89.6 Å². The third-order valence-corrected chi connectivity index (χ3v) is 9.72. The van der Waals surface area contributed by atoms with Crippen molar-refractivity contribution in [2.75, 3.05) is 0 Å². The van der Waals surface area contributed by atoms with Crippen LogP contribution in [0.1, 0.15) is 42.9 Å². The molecule has 3 aromatic heterocycles. The third-order valence-electron chi connectivity index (χ3n) is 7.71. The van der Waals surface area contributed by atoms with Crippen molar-refractivity contribution in [1.29, 1.82) is 0 Å². The van der Waals surface area contributed by atoms with E-state index in [0.29, 0.717) is 5.92 Å². The second-order valence-electron chi connectivity index (χ2n) is 11.9. The minimum atomic E-state index is -1.55. The third kappa shape index (κ3) is 6.65. The molecule has 0 fully saturated rings. The maximum Gasteiger partial charge on any atom is 0.120 e. The van der Waals surface area contributed by atoms with Crippen molar-refractivity contribution in [3.8, 4) is 22.5 Å². The fourth-order valence-electron chi connectivity index (χ4n) is 5.17. The molecular weight excluding hydrogens is 709 g/mol. The molecule has 0 saturated heterocycles. The summed E-state index contributed by atoms with van der Waals surface area (Å²) in [5, 5.41) is 3.83. The van der Waals surface area contributed by atoms with Crippen molar-refractivity contribution in [1.82, 2.24) is 9.97 Å². The molecule has 0 spiro atoms. The molecule has 3 aromatic carbocycles. The smallest absolute Gasteiger partial charge is 0.120 e. The number of hydrogen-bond acceptors (Lipinski definition) is 3. The van der Waals surface area contributed by atoms with E-state index in [1.54, 1.807) is 0 Å². The minimum absolute atomic E-state index is 0. The minimum Gasteiger partial charge on any atom is -0.501 e. The van der Waals surface area contributed by atoms with Gasteiger partial charge in [-0.3, -0.25) is 0 Å². The molecular formula is C37H38IrN2OSi-2. The number of benzene rings is 3. The summed E-state index contributed by atoms with van der Waals surface area (Å²) >= 11 is 0. The molecule has 0 amide bonds. The number of fused-ring (bicyclic) bond motifs is 3. The number of aryl methyl sites for hydroxylation is 2. The largest absolute Gasteiger partial charge is 0.501 e. The van der Waals surface area contributed by atoms with Gasteiger partial charge in [0.2, 0.25) is 0 Å². The zero-order chi connectivity index (χ0) is 29.1. The Hall–Kier alpha value is -3.37. The first-order chi connectivity index (χ1) is 19.7. The fourth-order valence-corrected chi connectivity index (χ4v) is 6.68. The van der Waals surface area contributed by atoms with Gasteiger partial charge in [0.25, 0.3) is 0 Å². The first-order valence-corrected chi connectivity index (χ1v) is 17.9. The number of nitrogens with zero attached hydrogens (tertiary/aromatic N) is 2. The molecule has 0 aliphatic heterocycles. The fraction of sp³-hybridized carbons (Fsp3) is 0.243. The van der Waals surface area contributed by atoms with Crippen LogP contribution in [-0.2, 0) is 20.1 Å². The van der Waals surface area contributed by atoms with Gasteiger partial charge in [-0.05, 0) is 54.8 Å². The predicted molar refractivity (Wildman–Crippen MR) is 175 cm³/mol. The number of furan rings is 1. The van der Waals surface area contributed by atoms with Crippen LogP contribution in [0.2, 0.25) is 19.6 Å². The predicted octanol–water partition coefficient (Wildman–Crippen LogP) is 9.67. The van der Waals surface area contributed by atoms with Gasteiger partial charge in [-0.1, -0.05) is 86.4 Å². The Balaban J connectivity index is 0.000000243. The summed E-state index contributed by atoms with van der Waals surface area (Å²) in [4.78, 5) is 9.13. The van der Waals surface area contributed by atoms with Gasteiger partial charge in [0.05, 0.1) is 5.58 Å². The van der Waals surface area contributed by atoms with Crippen molar-refractivity contribution in [2.45, 2.75) is 59.7 Å². The number of para-hydroxylation sites is 1. The molecule has 1 radical (unpaired) electrons. The summed E-state index contributed by atoms with van der Waals surface area (Å²) < 4.78 is 6.36. The molecule has 3 nitrogen and oxygen atoms in total. The van der Waals surface area contributed by atoms with E-state index < -0.39 is 8.07 Å². The number of pyridine rings is 2. The molecule has 217 valence electrons. The molecule has 0 aliphatic rings. The Kier molecular flexibility index (Phi) is 9.99. The van der Waals surface area contributed by atoms with Crippen molar-refractivity contribution >= 4 is 35.2 Å². The van der Waals surface area contributed by atoms with Crippen LogP contribution in [0.4, 0.5) is 0 Å². The van der Waals surface area contributed by atoms with E-state index in [2.05, 4.69) is 93.9 Å². The van der Waals surface area contributed by atoms with Crippen molar-refractivity contribution in [3.05, 3.63) is 114 Å². The van der Waals surface area contributed by atoms with E-state index in [-0.39, 0.29) is 20.1 Å². The molecule has 6 aromatic rings. The van der Waals surface area contributed by atoms with Gasteiger partial charge in [0.15, 0.2) is 0 Å². The first-order valence-electron chi connectivity index (χ1n) is 14.4.